The van der Waals surface area contributed by atoms with Crippen LogP contribution in [0.2, 0.25) is 0 Å². The van der Waals surface area contributed by atoms with Crippen LogP contribution in [0, 0.1) is 11.8 Å². The van der Waals surface area contributed by atoms with Gasteiger partial charge in [-0.3, -0.25) is 0 Å². The molecular weight excluding hydrogens is 210 g/mol. The lowest BCUT2D eigenvalue weighted by molar-refractivity contribution is 0.300. The predicted molar refractivity (Wildman–Crippen MR) is 71.0 cm³/mol. The fourth-order valence-electron chi connectivity index (χ4n) is 2.47. The van der Waals surface area contributed by atoms with Crippen molar-refractivity contribution in [3.05, 3.63) is 18.1 Å². The zero-order valence-electron chi connectivity index (χ0n) is 10.9. The molecule has 1 heterocycles. The summed E-state index contributed by atoms with van der Waals surface area (Å²) in [6.45, 7) is 5.54. The summed E-state index contributed by atoms with van der Waals surface area (Å²) in [7, 11) is 0. The molecule has 1 fully saturated rings. The van der Waals surface area contributed by atoms with Gasteiger partial charge in [-0.15, -0.1) is 0 Å². The van der Waals surface area contributed by atoms with Crippen LogP contribution in [-0.2, 0) is 6.42 Å². The van der Waals surface area contributed by atoms with E-state index in [0.29, 0.717) is 0 Å². The van der Waals surface area contributed by atoms with Gasteiger partial charge >= 0.3 is 0 Å². The fourth-order valence-corrected chi connectivity index (χ4v) is 2.47. The van der Waals surface area contributed by atoms with Gasteiger partial charge in [-0.25, -0.2) is 9.97 Å². The molecule has 0 radical (unpaired) electrons. The third-order valence-corrected chi connectivity index (χ3v) is 3.79. The molecule has 3 heteroatoms. The minimum absolute atomic E-state index is 0.825. The van der Waals surface area contributed by atoms with Gasteiger partial charge in [0.05, 0.1) is 0 Å². The first-order valence-corrected chi connectivity index (χ1v) is 6.82. The summed E-state index contributed by atoms with van der Waals surface area (Å²) in [5.41, 5.74) is 1.11. The van der Waals surface area contributed by atoms with Gasteiger partial charge < -0.3 is 5.32 Å². The fraction of sp³-hybridized carbons (Fsp3) is 0.714. The normalized spacial score (nSPS) is 24.6. The first kappa shape index (κ1) is 12.3. The Bertz CT molecular complexity index is 343. The third kappa shape index (κ3) is 3.69. The van der Waals surface area contributed by atoms with Crippen LogP contribution in [0.4, 0.5) is 5.82 Å². The molecule has 0 amide bonds. The van der Waals surface area contributed by atoms with E-state index in [9.17, 15) is 0 Å². The molecule has 0 bridgehead atoms. The van der Waals surface area contributed by atoms with Gasteiger partial charge in [-0.2, -0.15) is 0 Å². The molecule has 0 spiro atoms. The van der Waals surface area contributed by atoms with E-state index in [2.05, 4.69) is 35.2 Å². The number of anilines is 1. The molecule has 1 saturated carbocycles. The molecule has 1 aliphatic carbocycles. The van der Waals surface area contributed by atoms with Gasteiger partial charge in [-0.05, 0) is 31.1 Å². The molecule has 2 rings (SSSR count). The highest BCUT2D eigenvalue weighted by Gasteiger charge is 2.17. The van der Waals surface area contributed by atoms with E-state index in [1.54, 1.807) is 6.33 Å². The Morgan fingerprint density at radius 2 is 2.00 bits per heavy atom. The molecule has 1 aromatic heterocycles. The molecule has 17 heavy (non-hydrogen) atoms. The number of aryl methyl sites for hydroxylation is 1. The molecule has 0 atom stereocenters. The summed E-state index contributed by atoms with van der Waals surface area (Å²) in [6, 6.07) is 2.06. The van der Waals surface area contributed by atoms with Crippen molar-refractivity contribution in [2.45, 2.75) is 46.0 Å². The predicted octanol–water partition coefficient (Wildman–Crippen LogP) is 3.28. The van der Waals surface area contributed by atoms with Gasteiger partial charge in [0.15, 0.2) is 0 Å². The Morgan fingerprint density at radius 1 is 1.24 bits per heavy atom. The summed E-state index contributed by atoms with van der Waals surface area (Å²) >= 11 is 0. The molecule has 0 aromatic carbocycles. The summed E-state index contributed by atoms with van der Waals surface area (Å²) in [6.07, 6.45) is 8.12. The molecule has 1 N–H and O–H groups in total. The molecule has 1 aliphatic rings. The summed E-state index contributed by atoms with van der Waals surface area (Å²) in [4.78, 5) is 8.48. The highest BCUT2D eigenvalue weighted by atomic mass is 15.0. The standard InChI is InChI=1S/C14H23N3/c1-3-13-8-14(17-10-16-13)15-9-12-6-4-11(2)5-7-12/h8,10-12H,3-7,9H2,1-2H3,(H,15,16,17). The molecule has 0 unspecified atom stereocenters. The Morgan fingerprint density at radius 3 is 2.71 bits per heavy atom. The van der Waals surface area contributed by atoms with E-state index < -0.39 is 0 Å². The number of rotatable bonds is 4. The van der Waals surface area contributed by atoms with E-state index in [4.69, 9.17) is 0 Å². The second-order valence-electron chi connectivity index (χ2n) is 5.25. The van der Waals surface area contributed by atoms with Crippen molar-refractivity contribution < 1.29 is 0 Å². The van der Waals surface area contributed by atoms with Crippen molar-refractivity contribution in [1.82, 2.24) is 9.97 Å². The summed E-state index contributed by atoms with van der Waals surface area (Å²) < 4.78 is 0. The molecule has 0 aliphatic heterocycles. The molecule has 3 nitrogen and oxygen atoms in total. The van der Waals surface area contributed by atoms with Gasteiger partial charge in [-0.1, -0.05) is 26.7 Å². The van der Waals surface area contributed by atoms with E-state index in [1.165, 1.54) is 25.7 Å². The highest BCUT2D eigenvalue weighted by molar-refractivity contribution is 5.34. The van der Waals surface area contributed by atoms with Crippen LogP contribution in [0.25, 0.3) is 0 Å². The molecule has 94 valence electrons. The van der Waals surface area contributed by atoms with Gasteiger partial charge in [0.1, 0.15) is 12.1 Å². The smallest absolute Gasteiger partial charge is 0.129 e. The van der Waals surface area contributed by atoms with Crippen molar-refractivity contribution in [2.75, 3.05) is 11.9 Å². The highest BCUT2D eigenvalue weighted by Crippen LogP contribution is 2.28. The van der Waals surface area contributed by atoms with Crippen molar-refractivity contribution in [2.24, 2.45) is 11.8 Å². The van der Waals surface area contributed by atoms with E-state index in [0.717, 1.165) is 36.3 Å². The van der Waals surface area contributed by atoms with Gasteiger partial charge in [0.25, 0.3) is 0 Å². The van der Waals surface area contributed by atoms with Crippen molar-refractivity contribution in [1.29, 1.82) is 0 Å². The number of hydrogen-bond acceptors (Lipinski definition) is 3. The van der Waals surface area contributed by atoms with Crippen LogP contribution < -0.4 is 5.32 Å². The first-order chi connectivity index (χ1) is 8.28. The van der Waals surface area contributed by atoms with Crippen molar-refractivity contribution >= 4 is 5.82 Å². The van der Waals surface area contributed by atoms with Gasteiger partial charge in [0, 0.05) is 18.3 Å². The third-order valence-electron chi connectivity index (χ3n) is 3.79. The van der Waals surface area contributed by atoms with Crippen LogP contribution in [0.3, 0.4) is 0 Å². The Balaban J connectivity index is 1.81. The van der Waals surface area contributed by atoms with Gasteiger partial charge in [0.2, 0.25) is 0 Å². The lowest BCUT2D eigenvalue weighted by Crippen LogP contribution is -2.20. The van der Waals surface area contributed by atoms with Crippen LogP contribution in [-0.4, -0.2) is 16.5 Å². The zero-order chi connectivity index (χ0) is 12.1. The average Bonchev–Trinajstić information content (AvgIpc) is 2.38. The molecule has 0 saturated heterocycles. The zero-order valence-corrected chi connectivity index (χ0v) is 10.9. The Hall–Kier alpha value is -1.12. The maximum absolute atomic E-state index is 4.26. The van der Waals surface area contributed by atoms with Crippen molar-refractivity contribution in [3.8, 4) is 0 Å². The van der Waals surface area contributed by atoms with Crippen LogP contribution in [0.5, 0.6) is 0 Å². The van der Waals surface area contributed by atoms with Crippen molar-refractivity contribution in [3.63, 3.8) is 0 Å². The summed E-state index contributed by atoms with van der Waals surface area (Å²) in [5, 5.41) is 3.45. The second kappa shape index (κ2) is 5.99. The largest absolute Gasteiger partial charge is 0.370 e. The number of nitrogens with zero attached hydrogens (tertiary/aromatic N) is 2. The molecule has 1 aromatic rings. The van der Waals surface area contributed by atoms with Crippen LogP contribution in [0.15, 0.2) is 12.4 Å². The summed E-state index contributed by atoms with van der Waals surface area (Å²) in [5.74, 6) is 2.73. The van der Waals surface area contributed by atoms with E-state index in [1.807, 2.05) is 0 Å². The maximum atomic E-state index is 4.26. The lowest BCUT2D eigenvalue weighted by Gasteiger charge is -2.26. The van der Waals surface area contributed by atoms with Crippen LogP contribution >= 0.6 is 0 Å². The Labute approximate surface area is 104 Å². The quantitative estimate of drug-likeness (QED) is 0.867. The monoisotopic (exact) mass is 233 g/mol. The minimum atomic E-state index is 0.825. The second-order valence-corrected chi connectivity index (χ2v) is 5.25. The SMILES string of the molecule is CCc1cc(NCC2CCC(C)CC2)ncn1. The number of aromatic nitrogens is 2. The lowest BCUT2D eigenvalue weighted by atomic mass is 9.83. The molecular formula is C14H23N3. The Kier molecular flexibility index (Phi) is 4.35. The maximum Gasteiger partial charge on any atom is 0.129 e. The van der Waals surface area contributed by atoms with Crippen LogP contribution in [0.1, 0.15) is 45.2 Å². The minimum Gasteiger partial charge on any atom is -0.370 e. The number of nitrogens with one attached hydrogen (secondary N) is 1. The topological polar surface area (TPSA) is 37.8 Å². The van der Waals surface area contributed by atoms with E-state index in [-0.39, 0.29) is 0 Å². The first-order valence-electron chi connectivity index (χ1n) is 6.82. The average molecular weight is 233 g/mol. The number of hydrogen-bond donors (Lipinski definition) is 1. The van der Waals surface area contributed by atoms with E-state index >= 15 is 0 Å².